The molecule has 0 radical (unpaired) electrons. The standard InChI is InChI=1S/C16H8Cl3NOS2/c17-10-3-1-2-9(6-10)7-14-15(21)20(16(22)23-14)13-5-4-11(18)8-12(13)19/h1-8H/b14-7-. The Balaban J connectivity index is 1.97. The molecule has 1 aliphatic heterocycles. The minimum Gasteiger partial charge on any atom is -0.268 e. The lowest BCUT2D eigenvalue weighted by Gasteiger charge is -2.16. The maximum Gasteiger partial charge on any atom is 0.270 e. The number of thiocarbonyl (C=S) groups is 1. The van der Waals surface area contributed by atoms with Gasteiger partial charge >= 0.3 is 0 Å². The van der Waals surface area contributed by atoms with Crippen molar-refractivity contribution < 1.29 is 4.79 Å². The molecule has 116 valence electrons. The topological polar surface area (TPSA) is 20.3 Å². The number of hydrogen-bond acceptors (Lipinski definition) is 3. The van der Waals surface area contributed by atoms with Crippen molar-refractivity contribution in [1.29, 1.82) is 0 Å². The molecule has 7 heteroatoms. The molecule has 0 aromatic heterocycles. The summed E-state index contributed by atoms with van der Waals surface area (Å²) >= 11 is 24.6. The first-order valence-electron chi connectivity index (χ1n) is 6.44. The van der Waals surface area contributed by atoms with Crippen molar-refractivity contribution in [2.24, 2.45) is 0 Å². The number of thioether (sulfide) groups is 1. The molecule has 1 fully saturated rings. The van der Waals surface area contributed by atoms with Gasteiger partial charge < -0.3 is 0 Å². The van der Waals surface area contributed by atoms with E-state index in [2.05, 4.69) is 0 Å². The highest BCUT2D eigenvalue weighted by atomic mass is 35.5. The van der Waals surface area contributed by atoms with Gasteiger partial charge in [-0.3, -0.25) is 9.69 Å². The summed E-state index contributed by atoms with van der Waals surface area (Å²) in [5.74, 6) is -0.218. The first kappa shape index (κ1) is 16.8. The van der Waals surface area contributed by atoms with E-state index in [1.807, 2.05) is 12.1 Å². The number of halogens is 3. The third-order valence-electron chi connectivity index (χ3n) is 3.09. The lowest BCUT2D eigenvalue weighted by atomic mass is 10.2. The first-order chi connectivity index (χ1) is 11.0. The molecular weight excluding hydrogens is 393 g/mol. The van der Waals surface area contributed by atoms with Crippen LogP contribution in [0.4, 0.5) is 5.69 Å². The van der Waals surface area contributed by atoms with Crippen LogP contribution in [-0.4, -0.2) is 10.2 Å². The van der Waals surface area contributed by atoms with Crippen molar-refractivity contribution in [3.8, 4) is 0 Å². The molecule has 0 atom stereocenters. The van der Waals surface area contributed by atoms with Crippen LogP contribution in [0.1, 0.15) is 5.56 Å². The third kappa shape index (κ3) is 3.57. The minimum atomic E-state index is -0.218. The SMILES string of the molecule is O=C1/C(=C/c2cccc(Cl)c2)SC(=S)N1c1ccc(Cl)cc1Cl. The van der Waals surface area contributed by atoms with E-state index in [1.54, 1.807) is 36.4 Å². The minimum absolute atomic E-state index is 0.218. The zero-order valence-electron chi connectivity index (χ0n) is 11.4. The van der Waals surface area contributed by atoms with E-state index in [0.717, 1.165) is 5.56 Å². The molecule has 0 spiro atoms. The number of amides is 1. The van der Waals surface area contributed by atoms with Crippen molar-refractivity contribution in [3.05, 3.63) is 68.0 Å². The van der Waals surface area contributed by atoms with E-state index in [1.165, 1.54) is 16.7 Å². The van der Waals surface area contributed by atoms with Gasteiger partial charge in [0.05, 0.1) is 15.6 Å². The second kappa shape index (κ2) is 6.83. The van der Waals surface area contributed by atoms with Gasteiger partial charge in [-0.15, -0.1) is 0 Å². The highest BCUT2D eigenvalue weighted by molar-refractivity contribution is 8.27. The molecular formula is C16H8Cl3NOS2. The Labute approximate surface area is 158 Å². The molecule has 1 aliphatic rings. The van der Waals surface area contributed by atoms with Gasteiger partial charge in [0.15, 0.2) is 4.32 Å². The van der Waals surface area contributed by atoms with Gasteiger partial charge in [0, 0.05) is 10.0 Å². The van der Waals surface area contributed by atoms with E-state index in [9.17, 15) is 4.79 Å². The van der Waals surface area contributed by atoms with Crippen LogP contribution in [0.2, 0.25) is 15.1 Å². The van der Waals surface area contributed by atoms with Crippen molar-refractivity contribution in [2.75, 3.05) is 4.90 Å². The van der Waals surface area contributed by atoms with E-state index >= 15 is 0 Å². The van der Waals surface area contributed by atoms with Crippen LogP contribution < -0.4 is 4.90 Å². The predicted octanol–water partition coefficient (Wildman–Crippen LogP) is 6.05. The van der Waals surface area contributed by atoms with Crippen LogP contribution in [0, 0.1) is 0 Å². The van der Waals surface area contributed by atoms with E-state index in [4.69, 9.17) is 47.0 Å². The van der Waals surface area contributed by atoms with Gasteiger partial charge in [-0.05, 0) is 42.0 Å². The summed E-state index contributed by atoms with van der Waals surface area (Å²) in [6.07, 6.45) is 1.76. The predicted molar refractivity (Wildman–Crippen MR) is 104 cm³/mol. The number of anilines is 1. The van der Waals surface area contributed by atoms with Crippen molar-refractivity contribution >= 4 is 80.8 Å². The second-order valence-corrected chi connectivity index (χ2v) is 7.62. The Morgan fingerprint density at radius 3 is 2.48 bits per heavy atom. The van der Waals surface area contributed by atoms with Gasteiger partial charge in [0.1, 0.15) is 0 Å². The van der Waals surface area contributed by atoms with Crippen molar-refractivity contribution in [3.63, 3.8) is 0 Å². The van der Waals surface area contributed by atoms with Crippen LogP contribution in [0.25, 0.3) is 6.08 Å². The molecule has 2 nitrogen and oxygen atoms in total. The van der Waals surface area contributed by atoms with Gasteiger partial charge in [-0.25, -0.2) is 0 Å². The van der Waals surface area contributed by atoms with E-state index in [-0.39, 0.29) is 5.91 Å². The summed E-state index contributed by atoms with van der Waals surface area (Å²) in [4.78, 5) is 14.6. The van der Waals surface area contributed by atoms with Crippen molar-refractivity contribution in [2.45, 2.75) is 0 Å². The molecule has 2 aromatic carbocycles. The summed E-state index contributed by atoms with van der Waals surface area (Å²) < 4.78 is 0.424. The number of benzene rings is 2. The zero-order chi connectivity index (χ0) is 16.6. The Hall–Kier alpha value is -1.04. The fraction of sp³-hybridized carbons (Fsp3) is 0. The molecule has 1 heterocycles. The highest BCUT2D eigenvalue weighted by Crippen LogP contribution is 2.39. The monoisotopic (exact) mass is 399 g/mol. The first-order valence-corrected chi connectivity index (χ1v) is 8.80. The third-order valence-corrected chi connectivity index (χ3v) is 5.17. The molecule has 0 saturated carbocycles. The maximum atomic E-state index is 12.7. The molecule has 0 N–H and O–H groups in total. The lowest BCUT2D eigenvalue weighted by Crippen LogP contribution is -2.27. The number of nitrogens with zero attached hydrogens (tertiary/aromatic N) is 1. The largest absolute Gasteiger partial charge is 0.270 e. The van der Waals surface area contributed by atoms with Crippen LogP contribution in [0.5, 0.6) is 0 Å². The van der Waals surface area contributed by atoms with Crippen LogP contribution in [-0.2, 0) is 4.79 Å². The number of rotatable bonds is 2. The molecule has 23 heavy (non-hydrogen) atoms. The summed E-state index contributed by atoms with van der Waals surface area (Å²) in [6, 6.07) is 12.2. The molecule has 0 unspecified atom stereocenters. The van der Waals surface area contributed by atoms with Crippen LogP contribution in [0.3, 0.4) is 0 Å². The summed E-state index contributed by atoms with van der Waals surface area (Å²) in [5.41, 5.74) is 1.35. The van der Waals surface area contributed by atoms with Gasteiger partial charge in [-0.1, -0.05) is 70.9 Å². The molecule has 0 aliphatic carbocycles. The van der Waals surface area contributed by atoms with Crippen LogP contribution >= 0.6 is 58.8 Å². The Morgan fingerprint density at radius 1 is 1.04 bits per heavy atom. The highest BCUT2D eigenvalue weighted by Gasteiger charge is 2.34. The Kier molecular flexibility index (Phi) is 4.99. The average Bonchev–Trinajstić information content (AvgIpc) is 2.74. The van der Waals surface area contributed by atoms with Crippen molar-refractivity contribution in [1.82, 2.24) is 0 Å². The average molecular weight is 401 g/mol. The molecule has 2 aromatic rings. The summed E-state index contributed by atoms with van der Waals surface area (Å²) in [6.45, 7) is 0. The quantitative estimate of drug-likeness (QED) is 0.452. The molecule has 3 rings (SSSR count). The summed E-state index contributed by atoms with van der Waals surface area (Å²) in [7, 11) is 0. The normalized spacial score (nSPS) is 16.5. The lowest BCUT2D eigenvalue weighted by molar-refractivity contribution is -0.113. The number of carbonyl (C=O) groups is 1. The summed E-state index contributed by atoms with van der Waals surface area (Å²) in [5, 5.41) is 1.48. The number of hydrogen-bond donors (Lipinski definition) is 0. The Morgan fingerprint density at radius 2 is 1.78 bits per heavy atom. The fourth-order valence-corrected chi connectivity index (χ4v) is 4.06. The van der Waals surface area contributed by atoms with E-state index < -0.39 is 0 Å². The molecule has 1 saturated heterocycles. The van der Waals surface area contributed by atoms with E-state index in [0.29, 0.717) is 30.0 Å². The van der Waals surface area contributed by atoms with Crippen LogP contribution in [0.15, 0.2) is 47.4 Å². The Bertz CT molecular complexity index is 851. The van der Waals surface area contributed by atoms with Gasteiger partial charge in [0.25, 0.3) is 5.91 Å². The fourth-order valence-electron chi connectivity index (χ4n) is 2.09. The zero-order valence-corrected chi connectivity index (χ0v) is 15.3. The smallest absolute Gasteiger partial charge is 0.268 e. The van der Waals surface area contributed by atoms with Gasteiger partial charge in [-0.2, -0.15) is 0 Å². The maximum absolute atomic E-state index is 12.7. The number of carbonyl (C=O) groups excluding carboxylic acids is 1. The molecule has 1 amide bonds. The van der Waals surface area contributed by atoms with Gasteiger partial charge in [0.2, 0.25) is 0 Å². The second-order valence-electron chi connectivity index (χ2n) is 4.67. The molecule has 0 bridgehead atoms.